The van der Waals surface area contributed by atoms with Crippen LogP contribution in [0.1, 0.15) is 24.2 Å². The first-order valence-corrected chi connectivity index (χ1v) is 6.12. The predicted octanol–water partition coefficient (Wildman–Crippen LogP) is 0.934. The minimum atomic E-state index is -0.136. The van der Waals surface area contributed by atoms with E-state index in [1.54, 1.807) is 4.57 Å². The van der Waals surface area contributed by atoms with Crippen LogP contribution in [0.25, 0.3) is 5.69 Å². The number of fused-ring (bicyclic) bond motifs is 5. The van der Waals surface area contributed by atoms with Gasteiger partial charge in [0, 0.05) is 6.54 Å². The maximum atomic E-state index is 12.4. The van der Waals surface area contributed by atoms with Gasteiger partial charge in [0.15, 0.2) is 0 Å². The number of benzene rings is 1. The zero-order chi connectivity index (χ0) is 12.3. The zero-order valence-electron chi connectivity index (χ0n) is 9.71. The summed E-state index contributed by atoms with van der Waals surface area (Å²) in [7, 11) is 0. The largest absolute Gasteiger partial charge is 0.493 e. The number of aromatic nitrogens is 2. The van der Waals surface area contributed by atoms with E-state index >= 15 is 0 Å². The van der Waals surface area contributed by atoms with Gasteiger partial charge in [0.05, 0.1) is 17.8 Å². The normalized spacial score (nSPS) is 24.4. The number of hydrogen-bond donors (Lipinski definition) is 2. The Kier molecular flexibility index (Phi) is 1.81. The first-order valence-electron chi connectivity index (χ1n) is 6.12. The van der Waals surface area contributed by atoms with E-state index in [9.17, 15) is 9.90 Å². The molecule has 1 aromatic heterocycles. The van der Waals surface area contributed by atoms with Gasteiger partial charge >= 0.3 is 5.69 Å². The molecule has 4 rings (SSSR count). The molecule has 2 aliphatic heterocycles. The standard InChI is InChI=1S/C13H13N3O2/c17-12-11-10-6-9(7-14-10)15(11)13(18)16(12)8-4-2-1-3-5-8/h1-5,9-10,14,17H,6-7H2. The average Bonchev–Trinajstić information content (AvgIpc) is 3.05. The molecule has 2 aromatic rings. The number of aromatic hydroxyl groups is 1. The van der Waals surface area contributed by atoms with Gasteiger partial charge < -0.3 is 10.4 Å². The lowest BCUT2D eigenvalue weighted by atomic mass is 10.2. The van der Waals surface area contributed by atoms with Gasteiger partial charge in [0.1, 0.15) is 5.69 Å². The highest BCUT2D eigenvalue weighted by molar-refractivity contribution is 5.41. The van der Waals surface area contributed by atoms with Gasteiger partial charge in [-0.1, -0.05) is 18.2 Å². The summed E-state index contributed by atoms with van der Waals surface area (Å²) in [5.74, 6) is 0.0749. The molecule has 2 N–H and O–H groups in total. The minimum Gasteiger partial charge on any atom is -0.493 e. The molecule has 2 bridgehead atoms. The van der Waals surface area contributed by atoms with Crippen molar-refractivity contribution in [3.63, 3.8) is 0 Å². The van der Waals surface area contributed by atoms with E-state index < -0.39 is 0 Å². The average molecular weight is 243 g/mol. The van der Waals surface area contributed by atoms with Crippen molar-refractivity contribution in [2.45, 2.75) is 18.5 Å². The van der Waals surface area contributed by atoms with Crippen molar-refractivity contribution < 1.29 is 5.11 Å². The third kappa shape index (κ3) is 1.07. The molecule has 92 valence electrons. The quantitative estimate of drug-likeness (QED) is 0.783. The van der Waals surface area contributed by atoms with Crippen molar-refractivity contribution in [2.24, 2.45) is 0 Å². The van der Waals surface area contributed by atoms with Crippen LogP contribution in [0, 0.1) is 0 Å². The van der Waals surface area contributed by atoms with Crippen LogP contribution in [0.15, 0.2) is 35.1 Å². The van der Waals surface area contributed by atoms with E-state index in [1.165, 1.54) is 4.57 Å². The van der Waals surface area contributed by atoms with Gasteiger partial charge in [0.25, 0.3) is 0 Å². The van der Waals surface area contributed by atoms with E-state index in [1.807, 2.05) is 30.3 Å². The first-order chi connectivity index (χ1) is 8.77. The lowest BCUT2D eigenvalue weighted by Gasteiger charge is -2.13. The maximum absolute atomic E-state index is 12.4. The van der Waals surface area contributed by atoms with Crippen molar-refractivity contribution in [1.82, 2.24) is 14.5 Å². The SMILES string of the molecule is O=c1n(-c2ccccc2)c(O)c2n1C1CNC2C1. The highest BCUT2D eigenvalue weighted by atomic mass is 16.3. The van der Waals surface area contributed by atoms with E-state index in [4.69, 9.17) is 0 Å². The van der Waals surface area contributed by atoms with E-state index in [0.717, 1.165) is 18.7 Å². The molecule has 18 heavy (non-hydrogen) atoms. The second kappa shape index (κ2) is 3.26. The minimum absolute atomic E-state index is 0.0749. The highest BCUT2D eigenvalue weighted by Gasteiger charge is 2.42. The Hall–Kier alpha value is -2.01. The van der Waals surface area contributed by atoms with Crippen LogP contribution in [0.5, 0.6) is 5.88 Å². The Morgan fingerprint density at radius 1 is 1.28 bits per heavy atom. The van der Waals surface area contributed by atoms with Crippen LogP contribution >= 0.6 is 0 Å². The molecule has 2 unspecified atom stereocenters. The van der Waals surface area contributed by atoms with Gasteiger partial charge in [-0.25, -0.2) is 9.36 Å². The maximum Gasteiger partial charge on any atom is 0.336 e. The Morgan fingerprint density at radius 3 is 2.78 bits per heavy atom. The summed E-state index contributed by atoms with van der Waals surface area (Å²) < 4.78 is 3.13. The second-order valence-corrected chi connectivity index (χ2v) is 4.88. The number of imidazole rings is 1. The Balaban J connectivity index is 2.01. The summed E-state index contributed by atoms with van der Waals surface area (Å²) in [5, 5.41) is 13.6. The number of para-hydroxylation sites is 1. The van der Waals surface area contributed by atoms with Crippen molar-refractivity contribution >= 4 is 0 Å². The third-order valence-electron chi connectivity index (χ3n) is 3.92. The smallest absolute Gasteiger partial charge is 0.336 e. The summed E-state index contributed by atoms with van der Waals surface area (Å²) in [6.07, 6.45) is 0.910. The molecular weight excluding hydrogens is 230 g/mol. The summed E-state index contributed by atoms with van der Waals surface area (Å²) in [6.45, 7) is 0.815. The van der Waals surface area contributed by atoms with Crippen LogP contribution in [0.2, 0.25) is 0 Å². The lowest BCUT2D eigenvalue weighted by Crippen LogP contribution is -2.31. The molecule has 1 saturated heterocycles. The Morgan fingerprint density at radius 2 is 2.06 bits per heavy atom. The summed E-state index contributed by atoms with van der Waals surface area (Å²) in [5.41, 5.74) is 1.31. The van der Waals surface area contributed by atoms with Crippen molar-refractivity contribution in [1.29, 1.82) is 0 Å². The Bertz CT molecular complexity index is 672. The molecule has 2 atom stereocenters. The predicted molar refractivity (Wildman–Crippen MR) is 66.1 cm³/mol. The molecule has 0 radical (unpaired) electrons. The van der Waals surface area contributed by atoms with Gasteiger partial charge in [-0.3, -0.25) is 4.57 Å². The fraction of sp³-hybridized carbons (Fsp3) is 0.308. The second-order valence-electron chi connectivity index (χ2n) is 4.88. The molecule has 0 spiro atoms. The van der Waals surface area contributed by atoms with Crippen LogP contribution in [-0.2, 0) is 0 Å². The number of nitrogens with zero attached hydrogens (tertiary/aromatic N) is 2. The molecule has 2 aliphatic rings. The molecule has 3 heterocycles. The molecule has 0 aliphatic carbocycles. The summed E-state index contributed by atoms with van der Waals surface area (Å²) >= 11 is 0. The van der Waals surface area contributed by atoms with Crippen molar-refractivity contribution in [3.05, 3.63) is 46.5 Å². The van der Waals surface area contributed by atoms with Crippen molar-refractivity contribution in [3.8, 4) is 11.6 Å². The third-order valence-corrected chi connectivity index (χ3v) is 3.92. The topological polar surface area (TPSA) is 59.2 Å². The van der Waals surface area contributed by atoms with Gasteiger partial charge in [0.2, 0.25) is 5.88 Å². The first kappa shape index (κ1) is 9.96. The van der Waals surface area contributed by atoms with Gasteiger partial charge in [-0.05, 0) is 18.6 Å². The summed E-state index contributed by atoms with van der Waals surface area (Å²) in [4.78, 5) is 12.4. The molecule has 5 nitrogen and oxygen atoms in total. The number of hydrogen-bond acceptors (Lipinski definition) is 3. The molecule has 5 heteroatoms. The highest BCUT2D eigenvalue weighted by Crippen LogP contribution is 2.42. The van der Waals surface area contributed by atoms with E-state index in [2.05, 4.69) is 5.32 Å². The molecule has 1 fully saturated rings. The zero-order valence-corrected chi connectivity index (χ0v) is 9.71. The van der Waals surface area contributed by atoms with Crippen LogP contribution < -0.4 is 11.0 Å². The number of rotatable bonds is 1. The van der Waals surface area contributed by atoms with Gasteiger partial charge in [-0.2, -0.15) is 0 Å². The fourth-order valence-electron chi connectivity index (χ4n) is 3.13. The molecule has 1 aromatic carbocycles. The Labute approximate surface area is 103 Å². The summed E-state index contributed by atoms with van der Waals surface area (Å²) in [6, 6.07) is 9.56. The van der Waals surface area contributed by atoms with Gasteiger partial charge in [-0.15, -0.1) is 0 Å². The molecular formula is C13H13N3O2. The van der Waals surface area contributed by atoms with E-state index in [0.29, 0.717) is 5.69 Å². The fourth-order valence-corrected chi connectivity index (χ4v) is 3.13. The van der Waals surface area contributed by atoms with Crippen molar-refractivity contribution in [2.75, 3.05) is 6.54 Å². The number of nitrogens with one attached hydrogen (secondary N) is 1. The molecule has 0 saturated carbocycles. The van der Waals surface area contributed by atoms with Crippen LogP contribution in [0.3, 0.4) is 0 Å². The molecule has 0 amide bonds. The van der Waals surface area contributed by atoms with Crippen LogP contribution in [0.4, 0.5) is 0 Å². The monoisotopic (exact) mass is 243 g/mol. The van der Waals surface area contributed by atoms with Crippen LogP contribution in [-0.4, -0.2) is 20.8 Å². The lowest BCUT2D eigenvalue weighted by molar-refractivity contribution is 0.424. The van der Waals surface area contributed by atoms with E-state index in [-0.39, 0.29) is 23.7 Å².